The van der Waals surface area contributed by atoms with Crippen LogP contribution in [0.5, 0.6) is 0 Å². The molecule has 0 atom stereocenters. The average molecular weight is 332 g/mol. The fraction of sp³-hybridized carbons (Fsp3) is 0.238. The smallest absolute Gasteiger partial charge is 0.163 e. The number of aromatic nitrogens is 2. The molecule has 25 heavy (non-hydrogen) atoms. The number of hydrogen-bond donors (Lipinski definition) is 0. The minimum Gasteiger partial charge on any atom is -0.357 e. The average Bonchev–Trinajstić information content (AvgIpc) is 2.69. The molecule has 4 heteroatoms. The number of rotatable bonds is 6. The Balaban J connectivity index is 2.09. The lowest BCUT2D eigenvalue weighted by atomic mass is 10.2. The lowest BCUT2D eigenvalue weighted by Gasteiger charge is -2.24. The van der Waals surface area contributed by atoms with E-state index in [1.54, 1.807) is 0 Å². The van der Waals surface area contributed by atoms with E-state index in [9.17, 15) is 0 Å². The number of nitrogens with zero attached hydrogens (tertiary/aromatic N) is 4. The third-order valence-electron chi connectivity index (χ3n) is 4.31. The largest absolute Gasteiger partial charge is 0.357 e. The van der Waals surface area contributed by atoms with Crippen molar-refractivity contribution in [1.29, 1.82) is 0 Å². The van der Waals surface area contributed by atoms with E-state index in [2.05, 4.69) is 41.8 Å². The summed E-state index contributed by atoms with van der Waals surface area (Å²) in [6.45, 7) is 6.12. The molecule has 0 aliphatic carbocycles. The van der Waals surface area contributed by atoms with Crippen molar-refractivity contribution in [3.8, 4) is 11.4 Å². The SMILES string of the molecule is CCN(CC)c1cc(N(C)c2ccccc2)nc(-c2ccccc2)n1. The number of hydrogen-bond acceptors (Lipinski definition) is 4. The Bertz CT molecular complexity index is 799. The second-order valence-corrected chi connectivity index (χ2v) is 5.84. The minimum atomic E-state index is 0.753. The lowest BCUT2D eigenvalue weighted by molar-refractivity contribution is 0.842. The van der Waals surface area contributed by atoms with E-state index in [0.717, 1.165) is 41.8 Å². The zero-order valence-corrected chi connectivity index (χ0v) is 15.1. The van der Waals surface area contributed by atoms with Crippen LogP contribution in [0.1, 0.15) is 13.8 Å². The first-order valence-electron chi connectivity index (χ1n) is 8.71. The maximum atomic E-state index is 4.82. The normalized spacial score (nSPS) is 10.5. The molecule has 0 saturated heterocycles. The molecule has 0 N–H and O–H groups in total. The van der Waals surface area contributed by atoms with Gasteiger partial charge in [0.05, 0.1) is 0 Å². The van der Waals surface area contributed by atoms with Crippen molar-refractivity contribution in [3.63, 3.8) is 0 Å². The first kappa shape index (κ1) is 17.0. The predicted octanol–water partition coefficient (Wildman–Crippen LogP) is 4.76. The van der Waals surface area contributed by atoms with Gasteiger partial charge in [-0.25, -0.2) is 9.97 Å². The molecule has 0 fully saturated rings. The zero-order valence-electron chi connectivity index (χ0n) is 15.1. The third-order valence-corrected chi connectivity index (χ3v) is 4.31. The Labute approximate surface area is 149 Å². The molecule has 3 rings (SSSR count). The first-order chi connectivity index (χ1) is 12.2. The fourth-order valence-electron chi connectivity index (χ4n) is 2.80. The summed E-state index contributed by atoms with van der Waals surface area (Å²) < 4.78 is 0. The summed E-state index contributed by atoms with van der Waals surface area (Å²) in [6, 6.07) is 22.5. The fourth-order valence-corrected chi connectivity index (χ4v) is 2.80. The Kier molecular flexibility index (Phi) is 5.29. The van der Waals surface area contributed by atoms with E-state index in [1.165, 1.54) is 0 Å². The van der Waals surface area contributed by atoms with Gasteiger partial charge in [0.1, 0.15) is 11.6 Å². The van der Waals surface area contributed by atoms with Gasteiger partial charge in [-0.05, 0) is 26.0 Å². The van der Waals surface area contributed by atoms with Gasteiger partial charge in [-0.15, -0.1) is 0 Å². The molecule has 2 aromatic carbocycles. The summed E-state index contributed by atoms with van der Waals surface area (Å²) in [5.41, 5.74) is 2.13. The lowest BCUT2D eigenvalue weighted by Crippen LogP contribution is -2.24. The molecule has 0 saturated carbocycles. The van der Waals surface area contributed by atoms with Crippen molar-refractivity contribution in [2.24, 2.45) is 0 Å². The van der Waals surface area contributed by atoms with Crippen LogP contribution in [-0.2, 0) is 0 Å². The Morgan fingerprint density at radius 2 is 1.32 bits per heavy atom. The standard InChI is InChI=1S/C21H24N4/c1-4-25(5-2)20-16-19(24(3)18-14-10-7-11-15-18)22-21(23-20)17-12-8-6-9-13-17/h6-16H,4-5H2,1-3H3. The second kappa shape index (κ2) is 7.79. The van der Waals surface area contributed by atoms with Crippen LogP contribution in [0.25, 0.3) is 11.4 Å². The van der Waals surface area contributed by atoms with Crippen molar-refractivity contribution in [2.75, 3.05) is 29.9 Å². The van der Waals surface area contributed by atoms with Crippen molar-refractivity contribution in [3.05, 3.63) is 66.7 Å². The van der Waals surface area contributed by atoms with Crippen LogP contribution < -0.4 is 9.80 Å². The van der Waals surface area contributed by atoms with Crippen molar-refractivity contribution < 1.29 is 0 Å². The summed E-state index contributed by atoms with van der Waals surface area (Å²) in [6.07, 6.45) is 0. The molecule has 0 unspecified atom stereocenters. The highest BCUT2D eigenvalue weighted by Gasteiger charge is 2.14. The van der Waals surface area contributed by atoms with E-state index in [-0.39, 0.29) is 0 Å². The van der Waals surface area contributed by atoms with Gasteiger partial charge in [0.2, 0.25) is 0 Å². The predicted molar refractivity (Wildman–Crippen MR) is 106 cm³/mol. The van der Waals surface area contributed by atoms with Crippen LogP contribution in [0.15, 0.2) is 66.7 Å². The van der Waals surface area contributed by atoms with Crippen LogP contribution >= 0.6 is 0 Å². The summed E-state index contributed by atoms with van der Waals surface area (Å²) in [4.78, 5) is 14.0. The van der Waals surface area contributed by atoms with Crippen LogP contribution in [-0.4, -0.2) is 30.1 Å². The molecule has 0 amide bonds. The molecule has 0 spiro atoms. The van der Waals surface area contributed by atoms with E-state index in [1.807, 2.05) is 55.6 Å². The van der Waals surface area contributed by atoms with Crippen LogP contribution in [0.4, 0.5) is 17.3 Å². The van der Waals surface area contributed by atoms with Crippen molar-refractivity contribution in [2.45, 2.75) is 13.8 Å². The Hall–Kier alpha value is -2.88. The maximum Gasteiger partial charge on any atom is 0.163 e. The summed E-state index contributed by atoms with van der Waals surface area (Å²) in [7, 11) is 2.04. The number of para-hydroxylation sites is 1. The Morgan fingerprint density at radius 1 is 0.760 bits per heavy atom. The van der Waals surface area contributed by atoms with E-state index in [0.29, 0.717) is 0 Å². The molecule has 0 aliphatic heterocycles. The zero-order chi connectivity index (χ0) is 17.6. The van der Waals surface area contributed by atoms with Gasteiger partial charge in [0.25, 0.3) is 0 Å². The topological polar surface area (TPSA) is 32.3 Å². The molecule has 0 aliphatic rings. The summed E-state index contributed by atoms with van der Waals surface area (Å²) in [5.74, 6) is 2.60. The molecule has 1 aromatic heterocycles. The third kappa shape index (κ3) is 3.79. The van der Waals surface area contributed by atoms with Gasteiger partial charge in [-0.2, -0.15) is 0 Å². The van der Waals surface area contributed by atoms with Gasteiger partial charge in [0.15, 0.2) is 5.82 Å². The van der Waals surface area contributed by atoms with Crippen molar-refractivity contribution >= 4 is 17.3 Å². The van der Waals surface area contributed by atoms with Gasteiger partial charge in [-0.1, -0.05) is 48.5 Å². The molecular formula is C21H24N4. The molecule has 0 radical (unpaired) electrons. The van der Waals surface area contributed by atoms with E-state index >= 15 is 0 Å². The monoisotopic (exact) mass is 332 g/mol. The second-order valence-electron chi connectivity index (χ2n) is 5.84. The van der Waals surface area contributed by atoms with Crippen LogP contribution in [0, 0.1) is 0 Å². The maximum absolute atomic E-state index is 4.82. The molecule has 3 aromatic rings. The van der Waals surface area contributed by atoms with Crippen LogP contribution in [0.2, 0.25) is 0 Å². The van der Waals surface area contributed by atoms with E-state index < -0.39 is 0 Å². The first-order valence-corrected chi connectivity index (χ1v) is 8.71. The van der Waals surface area contributed by atoms with Gasteiger partial charge >= 0.3 is 0 Å². The summed E-state index contributed by atoms with van der Waals surface area (Å²) >= 11 is 0. The van der Waals surface area contributed by atoms with Crippen molar-refractivity contribution in [1.82, 2.24) is 9.97 Å². The molecule has 4 nitrogen and oxygen atoms in total. The molecule has 1 heterocycles. The van der Waals surface area contributed by atoms with Gasteiger partial charge in [0, 0.05) is 37.5 Å². The molecule has 0 bridgehead atoms. The highest BCUT2D eigenvalue weighted by Crippen LogP contribution is 2.27. The van der Waals surface area contributed by atoms with Crippen LogP contribution in [0.3, 0.4) is 0 Å². The quantitative estimate of drug-likeness (QED) is 0.651. The van der Waals surface area contributed by atoms with Gasteiger partial charge in [-0.3, -0.25) is 0 Å². The number of benzene rings is 2. The Morgan fingerprint density at radius 3 is 1.92 bits per heavy atom. The molecular weight excluding hydrogens is 308 g/mol. The van der Waals surface area contributed by atoms with Gasteiger partial charge < -0.3 is 9.80 Å². The highest BCUT2D eigenvalue weighted by molar-refractivity contribution is 5.66. The minimum absolute atomic E-state index is 0.753. The van der Waals surface area contributed by atoms with E-state index in [4.69, 9.17) is 9.97 Å². The highest BCUT2D eigenvalue weighted by atomic mass is 15.2. The number of anilines is 3. The molecule has 128 valence electrons. The summed E-state index contributed by atoms with van der Waals surface area (Å²) in [5, 5.41) is 0.